The molecule has 2 rings (SSSR count). The van der Waals surface area contributed by atoms with E-state index >= 15 is 0 Å². The zero-order valence-electron chi connectivity index (χ0n) is 10.8. The SMILES string of the molecule is Cc1cc(C(=O)Nc2ncc[nH]2)ccc1/C=C/C(=O)O. The summed E-state index contributed by atoms with van der Waals surface area (Å²) in [6.45, 7) is 1.81. The molecule has 0 aliphatic rings. The number of nitrogens with zero attached hydrogens (tertiary/aromatic N) is 1. The zero-order chi connectivity index (χ0) is 14.5. The van der Waals surface area contributed by atoms with Gasteiger partial charge in [-0.05, 0) is 36.3 Å². The summed E-state index contributed by atoms with van der Waals surface area (Å²) in [5.74, 6) is -0.914. The third-order valence-corrected chi connectivity index (χ3v) is 2.67. The van der Waals surface area contributed by atoms with E-state index in [0.29, 0.717) is 11.5 Å². The quantitative estimate of drug-likeness (QED) is 0.742. The molecule has 3 N–H and O–H groups in total. The fourth-order valence-corrected chi connectivity index (χ4v) is 1.68. The van der Waals surface area contributed by atoms with E-state index in [4.69, 9.17) is 5.11 Å². The van der Waals surface area contributed by atoms with Crippen molar-refractivity contribution in [2.24, 2.45) is 0 Å². The smallest absolute Gasteiger partial charge is 0.328 e. The summed E-state index contributed by atoms with van der Waals surface area (Å²) < 4.78 is 0. The third-order valence-electron chi connectivity index (χ3n) is 2.67. The summed E-state index contributed by atoms with van der Waals surface area (Å²) in [6.07, 6.45) is 5.71. The molecule has 102 valence electrons. The first kappa shape index (κ1) is 13.5. The monoisotopic (exact) mass is 271 g/mol. The van der Waals surface area contributed by atoms with E-state index < -0.39 is 5.97 Å². The van der Waals surface area contributed by atoms with Crippen molar-refractivity contribution in [3.8, 4) is 0 Å². The molecule has 1 amide bonds. The van der Waals surface area contributed by atoms with Gasteiger partial charge in [-0.1, -0.05) is 6.07 Å². The van der Waals surface area contributed by atoms with Crippen LogP contribution in [0.4, 0.5) is 5.95 Å². The number of aliphatic carboxylic acids is 1. The molecular formula is C14H13N3O3. The second kappa shape index (κ2) is 5.83. The average molecular weight is 271 g/mol. The largest absolute Gasteiger partial charge is 0.478 e. The van der Waals surface area contributed by atoms with Crippen molar-refractivity contribution >= 4 is 23.9 Å². The summed E-state index contributed by atoms with van der Waals surface area (Å²) in [4.78, 5) is 29.1. The highest BCUT2D eigenvalue weighted by Gasteiger charge is 2.08. The summed E-state index contributed by atoms with van der Waals surface area (Å²) in [6, 6.07) is 5.03. The predicted octanol–water partition coefficient (Wildman–Crippen LogP) is 2.07. The van der Waals surface area contributed by atoms with Gasteiger partial charge in [-0.2, -0.15) is 0 Å². The lowest BCUT2D eigenvalue weighted by atomic mass is 10.0. The lowest BCUT2D eigenvalue weighted by Crippen LogP contribution is -2.13. The first-order valence-electron chi connectivity index (χ1n) is 5.88. The molecule has 0 bridgehead atoms. The molecule has 0 aliphatic carbocycles. The lowest BCUT2D eigenvalue weighted by Gasteiger charge is -2.05. The zero-order valence-corrected chi connectivity index (χ0v) is 10.8. The van der Waals surface area contributed by atoms with Gasteiger partial charge in [0.2, 0.25) is 5.95 Å². The number of amides is 1. The third kappa shape index (κ3) is 3.32. The maximum atomic E-state index is 12.0. The molecule has 2 aromatic rings. The number of aryl methyl sites for hydroxylation is 1. The number of anilines is 1. The van der Waals surface area contributed by atoms with Crippen molar-refractivity contribution in [2.45, 2.75) is 6.92 Å². The van der Waals surface area contributed by atoms with E-state index in [1.807, 2.05) is 6.92 Å². The Kier molecular flexibility index (Phi) is 3.95. The fraction of sp³-hybridized carbons (Fsp3) is 0.0714. The van der Waals surface area contributed by atoms with Crippen LogP contribution in [0.1, 0.15) is 21.5 Å². The second-order valence-corrected chi connectivity index (χ2v) is 4.13. The summed E-state index contributed by atoms with van der Waals surface area (Å²) in [5, 5.41) is 11.2. The molecule has 0 radical (unpaired) electrons. The Balaban J connectivity index is 2.16. The molecule has 1 aromatic carbocycles. The molecule has 1 heterocycles. The Morgan fingerprint density at radius 3 is 2.80 bits per heavy atom. The number of H-pyrrole nitrogens is 1. The van der Waals surface area contributed by atoms with Crippen molar-refractivity contribution in [2.75, 3.05) is 5.32 Å². The highest BCUT2D eigenvalue weighted by molar-refractivity contribution is 6.03. The summed E-state index contributed by atoms with van der Waals surface area (Å²) in [5.41, 5.74) is 2.04. The Bertz CT molecular complexity index is 660. The molecule has 0 saturated heterocycles. The van der Waals surface area contributed by atoms with Crippen LogP contribution in [0.5, 0.6) is 0 Å². The van der Waals surface area contributed by atoms with Crippen LogP contribution < -0.4 is 5.32 Å². The van der Waals surface area contributed by atoms with E-state index in [1.54, 1.807) is 30.6 Å². The van der Waals surface area contributed by atoms with Crippen LogP contribution in [0, 0.1) is 6.92 Å². The molecular weight excluding hydrogens is 258 g/mol. The summed E-state index contributed by atoms with van der Waals surface area (Å²) in [7, 11) is 0. The first-order chi connectivity index (χ1) is 9.56. The highest BCUT2D eigenvalue weighted by atomic mass is 16.4. The van der Waals surface area contributed by atoms with Gasteiger partial charge in [-0.3, -0.25) is 10.1 Å². The van der Waals surface area contributed by atoms with Gasteiger partial charge in [0.25, 0.3) is 5.91 Å². The Morgan fingerprint density at radius 2 is 2.20 bits per heavy atom. The maximum Gasteiger partial charge on any atom is 0.328 e. The van der Waals surface area contributed by atoms with Crippen LogP contribution in [0.25, 0.3) is 6.08 Å². The number of carbonyl (C=O) groups excluding carboxylic acids is 1. The van der Waals surface area contributed by atoms with Crippen molar-refractivity contribution in [1.29, 1.82) is 0 Å². The van der Waals surface area contributed by atoms with Gasteiger partial charge in [0.05, 0.1) is 0 Å². The lowest BCUT2D eigenvalue weighted by molar-refractivity contribution is -0.131. The minimum atomic E-state index is -1.01. The van der Waals surface area contributed by atoms with Crippen LogP contribution in [0.3, 0.4) is 0 Å². The normalized spacial score (nSPS) is 10.7. The second-order valence-electron chi connectivity index (χ2n) is 4.13. The Morgan fingerprint density at radius 1 is 1.40 bits per heavy atom. The molecule has 0 aliphatic heterocycles. The van der Waals surface area contributed by atoms with E-state index in [1.165, 1.54) is 6.08 Å². The highest BCUT2D eigenvalue weighted by Crippen LogP contribution is 2.14. The van der Waals surface area contributed by atoms with Crippen LogP contribution in [-0.4, -0.2) is 27.0 Å². The standard InChI is InChI=1S/C14H13N3O3/c1-9-8-11(3-2-10(9)4-5-12(18)19)13(20)17-14-15-6-7-16-14/h2-8H,1H3,(H,18,19)(H2,15,16,17,20)/b5-4+. The van der Waals surface area contributed by atoms with Crippen LogP contribution in [0.2, 0.25) is 0 Å². The van der Waals surface area contributed by atoms with Crippen molar-refractivity contribution in [1.82, 2.24) is 9.97 Å². The maximum absolute atomic E-state index is 12.0. The topological polar surface area (TPSA) is 95.1 Å². The van der Waals surface area contributed by atoms with E-state index in [2.05, 4.69) is 15.3 Å². The van der Waals surface area contributed by atoms with Crippen molar-refractivity contribution in [3.63, 3.8) is 0 Å². The molecule has 0 fully saturated rings. The molecule has 0 atom stereocenters. The number of aromatic nitrogens is 2. The minimum absolute atomic E-state index is 0.281. The molecule has 1 aromatic heterocycles. The van der Waals surface area contributed by atoms with Crippen LogP contribution in [0.15, 0.2) is 36.7 Å². The number of hydrogen-bond acceptors (Lipinski definition) is 3. The minimum Gasteiger partial charge on any atom is -0.478 e. The first-order valence-corrected chi connectivity index (χ1v) is 5.88. The number of imidazole rings is 1. The number of hydrogen-bond donors (Lipinski definition) is 3. The van der Waals surface area contributed by atoms with E-state index in [0.717, 1.165) is 17.2 Å². The van der Waals surface area contributed by atoms with Gasteiger partial charge in [-0.25, -0.2) is 9.78 Å². The van der Waals surface area contributed by atoms with Gasteiger partial charge in [0.1, 0.15) is 0 Å². The fourth-order valence-electron chi connectivity index (χ4n) is 1.68. The molecule has 0 spiro atoms. The number of aromatic amines is 1. The molecule has 6 nitrogen and oxygen atoms in total. The van der Waals surface area contributed by atoms with E-state index in [9.17, 15) is 9.59 Å². The number of benzene rings is 1. The number of carboxylic acid groups (broad SMARTS) is 1. The number of carbonyl (C=O) groups is 2. The van der Waals surface area contributed by atoms with Gasteiger partial charge in [0, 0.05) is 24.0 Å². The summed E-state index contributed by atoms with van der Waals surface area (Å²) >= 11 is 0. The van der Waals surface area contributed by atoms with Gasteiger partial charge in [-0.15, -0.1) is 0 Å². The predicted molar refractivity (Wildman–Crippen MR) is 74.4 cm³/mol. The number of nitrogens with one attached hydrogen (secondary N) is 2. The van der Waals surface area contributed by atoms with Crippen LogP contribution in [-0.2, 0) is 4.79 Å². The van der Waals surface area contributed by atoms with E-state index in [-0.39, 0.29) is 5.91 Å². The molecule has 0 saturated carbocycles. The average Bonchev–Trinajstić information content (AvgIpc) is 2.89. The number of carboxylic acids is 1. The molecule has 0 unspecified atom stereocenters. The van der Waals surface area contributed by atoms with Crippen molar-refractivity contribution in [3.05, 3.63) is 53.4 Å². The van der Waals surface area contributed by atoms with Crippen LogP contribution >= 0.6 is 0 Å². The number of rotatable bonds is 4. The van der Waals surface area contributed by atoms with Gasteiger partial charge in [0.15, 0.2) is 0 Å². The Hall–Kier alpha value is -2.89. The van der Waals surface area contributed by atoms with Gasteiger partial charge < -0.3 is 10.1 Å². The molecule has 6 heteroatoms. The van der Waals surface area contributed by atoms with Crippen molar-refractivity contribution < 1.29 is 14.7 Å². The van der Waals surface area contributed by atoms with Gasteiger partial charge >= 0.3 is 5.97 Å². The molecule has 20 heavy (non-hydrogen) atoms. The Labute approximate surface area is 115 Å².